The third-order valence-electron chi connectivity index (χ3n) is 2.02. The molecule has 66 valence electrons. The topological polar surface area (TPSA) is 61.2 Å². The van der Waals surface area contributed by atoms with E-state index in [9.17, 15) is 9.59 Å². The van der Waals surface area contributed by atoms with Gasteiger partial charge in [0.2, 0.25) is 0 Å². The van der Waals surface area contributed by atoms with E-state index in [1.165, 1.54) is 7.05 Å². The fourth-order valence-electron chi connectivity index (χ4n) is 1.07. The summed E-state index contributed by atoms with van der Waals surface area (Å²) in [7, 11) is 1.33. The van der Waals surface area contributed by atoms with Crippen LogP contribution < -0.4 is 0 Å². The molecule has 0 aromatic carbocycles. The molecule has 1 aliphatic rings. The first kappa shape index (κ1) is 9.20. The van der Waals surface area contributed by atoms with Crippen molar-refractivity contribution in [2.45, 2.75) is 6.92 Å². The summed E-state index contributed by atoms with van der Waals surface area (Å²) in [5.41, 5.74) is 0.571. The Bertz CT molecular complexity index is 385. The van der Waals surface area contributed by atoms with Gasteiger partial charge in [0.1, 0.15) is 11.6 Å². The minimum absolute atomic E-state index is 0.00731. The Labute approximate surface area is 75.7 Å². The highest BCUT2D eigenvalue weighted by molar-refractivity contribution is 6.17. The van der Waals surface area contributed by atoms with E-state index < -0.39 is 11.8 Å². The molecule has 1 aliphatic heterocycles. The van der Waals surface area contributed by atoms with Crippen molar-refractivity contribution in [3.8, 4) is 6.07 Å². The van der Waals surface area contributed by atoms with Crippen LogP contribution >= 0.6 is 0 Å². The summed E-state index contributed by atoms with van der Waals surface area (Å²) >= 11 is 0. The van der Waals surface area contributed by atoms with Gasteiger partial charge >= 0.3 is 0 Å². The Morgan fingerprint density at radius 2 is 1.92 bits per heavy atom. The third-order valence-corrected chi connectivity index (χ3v) is 2.02. The second-order valence-corrected chi connectivity index (χ2v) is 2.76. The highest BCUT2D eigenvalue weighted by Crippen LogP contribution is 2.21. The first-order valence-electron chi connectivity index (χ1n) is 3.63. The second-order valence-electron chi connectivity index (χ2n) is 2.76. The molecule has 0 aliphatic carbocycles. The van der Waals surface area contributed by atoms with Crippen molar-refractivity contribution >= 4 is 11.8 Å². The summed E-state index contributed by atoms with van der Waals surface area (Å²) in [5.74, 6) is -1.00. The highest BCUT2D eigenvalue weighted by Gasteiger charge is 2.31. The zero-order valence-electron chi connectivity index (χ0n) is 7.42. The zero-order valence-corrected chi connectivity index (χ0v) is 7.42. The van der Waals surface area contributed by atoms with Crippen LogP contribution in [0.3, 0.4) is 0 Å². The van der Waals surface area contributed by atoms with E-state index in [0.717, 1.165) is 4.90 Å². The predicted octanol–water partition coefficient (Wildman–Crippen LogP) is 0.381. The minimum atomic E-state index is -0.558. The fourth-order valence-corrected chi connectivity index (χ4v) is 1.07. The summed E-state index contributed by atoms with van der Waals surface area (Å²) in [6.07, 6.45) is 0. The Kier molecular flexibility index (Phi) is 2.03. The zero-order chi connectivity index (χ0) is 10.2. The van der Waals surface area contributed by atoms with Crippen LogP contribution in [0.25, 0.3) is 0 Å². The van der Waals surface area contributed by atoms with Crippen LogP contribution in [0.1, 0.15) is 6.92 Å². The lowest BCUT2D eigenvalue weighted by atomic mass is 9.97. The van der Waals surface area contributed by atoms with Gasteiger partial charge in [-0.05, 0) is 12.5 Å². The van der Waals surface area contributed by atoms with Crippen molar-refractivity contribution in [3.63, 3.8) is 0 Å². The first-order chi connectivity index (χ1) is 6.00. The van der Waals surface area contributed by atoms with Crippen molar-refractivity contribution in [1.29, 1.82) is 5.26 Å². The van der Waals surface area contributed by atoms with E-state index in [1.54, 1.807) is 13.0 Å². The number of amides is 2. The number of likely N-dealkylation sites (N-methyl/N-ethyl adjacent to an activating group) is 1. The molecule has 0 saturated carbocycles. The predicted molar refractivity (Wildman–Crippen MR) is 45.2 cm³/mol. The van der Waals surface area contributed by atoms with Gasteiger partial charge in [-0.1, -0.05) is 6.58 Å². The van der Waals surface area contributed by atoms with E-state index in [1.807, 2.05) is 0 Å². The molecule has 0 bridgehead atoms. The number of nitriles is 1. The summed E-state index contributed by atoms with van der Waals surface area (Å²) in [6, 6.07) is 1.76. The molecule has 0 unspecified atom stereocenters. The molecule has 1 heterocycles. The van der Waals surface area contributed by atoms with Crippen LogP contribution in [0.2, 0.25) is 0 Å². The van der Waals surface area contributed by atoms with Crippen LogP contribution in [-0.2, 0) is 9.59 Å². The van der Waals surface area contributed by atoms with E-state index in [-0.39, 0.29) is 11.1 Å². The Balaban J connectivity index is 3.37. The van der Waals surface area contributed by atoms with Gasteiger partial charge < -0.3 is 0 Å². The largest absolute Gasteiger partial charge is 0.277 e. The summed E-state index contributed by atoms with van der Waals surface area (Å²) < 4.78 is 0. The quantitative estimate of drug-likeness (QED) is 0.396. The number of hydrogen-bond donors (Lipinski definition) is 0. The van der Waals surface area contributed by atoms with Gasteiger partial charge in [-0.15, -0.1) is 0 Å². The number of rotatable bonds is 0. The Morgan fingerprint density at radius 3 is 2.38 bits per heavy atom. The van der Waals surface area contributed by atoms with Gasteiger partial charge in [-0.25, -0.2) is 0 Å². The molecule has 4 nitrogen and oxygen atoms in total. The standard InChI is InChI=1S/C9H8N2O2/c1-5-6(2)8(12)11(3)9(13)7(5)4-10/h2H2,1,3H3. The van der Waals surface area contributed by atoms with Crippen LogP contribution in [0.5, 0.6) is 0 Å². The smallest absolute Gasteiger partial charge is 0.271 e. The summed E-state index contributed by atoms with van der Waals surface area (Å²) in [5, 5.41) is 8.65. The molecular formula is C9H8N2O2. The van der Waals surface area contributed by atoms with Crippen molar-refractivity contribution < 1.29 is 9.59 Å². The van der Waals surface area contributed by atoms with Crippen LogP contribution in [0.15, 0.2) is 23.3 Å². The van der Waals surface area contributed by atoms with Crippen LogP contribution in [0, 0.1) is 11.3 Å². The lowest BCUT2D eigenvalue weighted by molar-refractivity contribution is -0.138. The SMILES string of the molecule is C=C1C(=O)N(C)C(=O)C(C#N)=C1C. The number of carbonyl (C=O) groups excluding carboxylic acids is 2. The monoisotopic (exact) mass is 176 g/mol. The fraction of sp³-hybridized carbons (Fsp3) is 0.222. The van der Waals surface area contributed by atoms with Gasteiger partial charge in [0, 0.05) is 12.6 Å². The molecule has 0 aromatic heterocycles. The molecule has 0 fully saturated rings. The summed E-state index contributed by atoms with van der Waals surface area (Å²) in [6.45, 7) is 5.05. The van der Waals surface area contributed by atoms with Gasteiger partial charge in [0.25, 0.3) is 11.8 Å². The van der Waals surface area contributed by atoms with Gasteiger partial charge in [-0.3, -0.25) is 14.5 Å². The lowest BCUT2D eigenvalue weighted by Crippen LogP contribution is -2.39. The van der Waals surface area contributed by atoms with Gasteiger partial charge in [0.05, 0.1) is 0 Å². The molecule has 0 spiro atoms. The van der Waals surface area contributed by atoms with Crippen molar-refractivity contribution in [2.24, 2.45) is 0 Å². The van der Waals surface area contributed by atoms with Crippen molar-refractivity contribution in [2.75, 3.05) is 7.05 Å². The first-order valence-corrected chi connectivity index (χ1v) is 3.63. The highest BCUT2D eigenvalue weighted by atomic mass is 16.2. The molecule has 0 aromatic rings. The third kappa shape index (κ3) is 1.14. The number of imide groups is 1. The second kappa shape index (κ2) is 2.87. The van der Waals surface area contributed by atoms with E-state index >= 15 is 0 Å². The number of carbonyl (C=O) groups is 2. The molecule has 1 rings (SSSR count). The average molecular weight is 176 g/mol. The van der Waals surface area contributed by atoms with E-state index in [0.29, 0.717) is 5.57 Å². The molecule has 0 N–H and O–H groups in total. The van der Waals surface area contributed by atoms with E-state index in [4.69, 9.17) is 5.26 Å². The van der Waals surface area contributed by atoms with Gasteiger partial charge in [-0.2, -0.15) is 5.26 Å². The minimum Gasteiger partial charge on any atom is -0.277 e. The molecule has 13 heavy (non-hydrogen) atoms. The lowest BCUT2D eigenvalue weighted by Gasteiger charge is -2.22. The summed E-state index contributed by atoms with van der Waals surface area (Å²) in [4.78, 5) is 23.5. The number of hydrogen-bond acceptors (Lipinski definition) is 3. The van der Waals surface area contributed by atoms with E-state index in [2.05, 4.69) is 6.58 Å². The molecule has 0 radical (unpaired) electrons. The average Bonchev–Trinajstić information content (AvgIpc) is 2.13. The molecular weight excluding hydrogens is 168 g/mol. The molecule has 4 heteroatoms. The maximum absolute atomic E-state index is 11.3. The normalized spacial score (nSPS) is 17.9. The molecule has 2 amide bonds. The Morgan fingerprint density at radius 1 is 1.38 bits per heavy atom. The number of nitrogens with zero attached hydrogens (tertiary/aromatic N) is 2. The molecule has 0 saturated heterocycles. The molecule has 0 atom stereocenters. The van der Waals surface area contributed by atoms with Crippen molar-refractivity contribution in [1.82, 2.24) is 4.90 Å². The van der Waals surface area contributed by atoms with Crippen LogP contribution in [-0.4, -0.2) is 23.8 Å². The Hall–Kier alpha value is -1.89. The van der Waals surface area contributed by atoms with Gasteiger partial charge in [0.15, 0.2) is 0 Å². The van der Waals surface area contributed by atoms with Crippen LogP contribution in [0.4, 0.5) is 0 Å². The van der Waals surface area contributed by atoms with Crippen molar-refractivity contribution in [3.05, 3.63) is 23.3 Å². The maximum Gasteiger partial charge on any atom is 0.271 e. The maximum atomic E-state index is 11.3.